The van der Waals surface area contributed by atoms with Crippen molar-refractivity contribution in [2.75, 3.05) is 0 Å². The summed E-state index contributed by atoms with van der Waals surface area (Å²) in [6.07, 6.45) is 5.53. The maximum Gasteiger partial charge on any atom is 0.271 e. The summed E-state index contributed by atoms with van der Waals surface area (Å²) in [5.41, 5.74) is 2.70. The minimum absolute atomic E-state index is 0.0552. The zero-order valence-corrected chi connectivity index (χ0v) is 11.1. The lowest BCUT2D eigenvalue weighted by Gasteiger charge is -2.14. The van der Waals surface area contributed by atoms with Crippen LogP contribution < -0.4 is 5.32 Å². The second-order valence-corrected chi connectivity index (χ2v) is 4.38. The summed E-state index contributed by atoms with van der Waals surface area (Å²) in [6.45, 7) is 4.07. The van der Waals surface area contributed by atoms with Gasteiger partial charge in [-0.3, -0.25) is 9.78 Å². The van der Waals surface area contributed by atoms with Crippen LogP contribution in [0.4, 0.5) is 0 Å². The van der Waals surface area contributed by atoms with Crippen LogP contribution in [0.15, 0.2) is 42.9 Å². The molecule has 0 aliphatic heterocycles. The fourth-order valence-electron chi connectivity index (χ4n) is 1.81. The Labute approximate surface area is 112 Å². The molecule has 0 fully saturated rings. The van der Waals surface area contributed by atoms with Crippen molar-refractivity contribution < 1.29 is 4.79 Å². The lowest BCUT2D eigenvalue weighted by atomic mass is 10.0. The highest BCUT2D eigenvalue weighted by molar-refractivity contribution is 5.92. The average molecular weight is 255 g/mol. The van der Waals surface area contributed by atoms with E-state index >= 15 is 0 Å². The molecule has 1 amide bonds. The first-order valence-electron chi connectivity index (χ1n) is 6.36. The Morgan fingerprint density at radius 1 is 1.26 bits per heavy atom. The highest BCUT2D eigenvalue weighted by Gasteiger charge is 2.12. The van der Waals surface area contributed by atoms with Crippen molar-refractivity contribution in [1.29, 1.82) is 0 Å². The molecular formula is C15H17N3O. The van der Waals surface area contributed by atoms with Crippen LogP contribution in [0, 0.1) is 0 Å². The Morgan fingerprint density at radius 3 is 2.58 bits per heavy atom. The van der Waals surface area contributed by atoms with Gasteiger partial charge in [0.25, 0.3) is 5.91 Å². The van der Waals surface area contributed by atoms with Gasteiger partial charge in [0.1, 0.15) is 5.69 Å². The standard InChI is InChI=1S/C15H17N3O/c1-3-12-4-6-13(7-5-12)11(2)18-15(19)14-10-16-8-9-17-14/h4-11H,3H2,1-2H3,(H,18,19). The van der Waals surface area contributed by atoms with Crippen LogP contribution >= 0.6 is 0 Å². The number of rotatable bonds is 4. The Morgan fingerprint density at radius 2 is 2.00 bits per heavy atom. The summed E-state index contributed by atoms with van der Waals surface area (Å²) in [4.78, 5) is 19.8. The minimum Gasteiger partial charge on any atom is -0.344 e. The van der Waals surface area contributed by atoms with Crippen LogP contribution in [-0.2, 0) is 6.42 Å². The summed E-state index contributed by atoms with van der Waals surface area (Å²) in [7, 11) is 0. The normalized spacial score (nSPS) is 11.9. The van der Waals surface area contributed by atoms with Gasteiger partial charge in [0.2, 0.25) is 0 Å². The number of benzene rings is 1. The highest BCUT2D eigenvalue weighted by atomic mass is 16.1. The van der Waals surface area contributed by atoms with Gasteiger partial charge in [-0.2, -0.15) is 0 Å². The second kappa shape index (κ2) is 6.09. The van der Waals surface area contributed by atoms with Gasteiger partial charge in [0.15, 0.2) is 0 Å². The molecule has 0 aliphatic carbocycles. The predicted octanol–water partition coefficient (Wildman–Crippen LogP) is 2.53. The number of carbonyl (C=O) groups excluding carboxylic acids is 1. The van der Waals surface area contributed by atoms with Crippen LogP contribution in [0.2, 0.25) is 0 Å². The molecule has 2 aromatic rings. The van der Waals surface area contributed by atoms with Crippen molar-refractivity contribution in [1.82, 2.24) is 15.3 Å². The summed E-state index contributed by atoms with van der Waals surface area (Å²) in [5.74, 6) is -0.208. The van der Waals surface area contributed by atoms with Crippen LogP contribution in [-0.4, -0.2) is 15.9 Å². The molecule has 0 saturated carbocycles. The number of hydrogen-bond acceptors (Lipinski definition) is 3. The van der Waals surface area contributed by atoms with E-state index in [0.29, 0.717) is 5.69 Å². The SMILES string of the molecule is CCc1ccc(C(C)NC(=O)c2cnccn2)cc1. The topological polar surface area (TPSA) is 54.9 Å². The van der Waals surface area contributed by atoms with E-state index in [1.54, 1.807) is 6.20 Å². The van der Waals surface area contributed by atoms with Crippen LogP contribution in [0.1, 0.15) is 41.5 Å². The van der Waals surface area contributed by atoms with E-state index in [2.05, 4.69) is 34.3 Å². The number of aromatic nitrogens is 2. The first kappa shape index (κ1) is 13.2. The number of aryl methyl sites for hydroxylation is 1. The molecule has 0 saturated heterocycles. The Bertz CT molecular complexity index is 537. The van der Waals surface area contributed by atoms with E-state index < -0.39 is 0 Å². The molecule has 1 atom stereocenters. The minimum atomic E-state index is -0.208. The van der Waals surface area contributed by atoms with Crippen LogP contribution in [0.5, 0.6) is 0 Å². The molecule has 4 nitrogen and oxygen atoms in total. The third-order valence-electron chi connectivity index (χ3n) is 3.03. The largest absolute Gasteiger partial charge is 0.344 e. The Hall–Kier alpha value is -2.23. The molecule has 1 aromatic carbocycles. The van der Waals surface area contributed by atoms with E-state index in [9.17, 15) is 4.79 Å². The van der Waals surface area contributed by atoms with Gasteiger partial charge in [0.05, 0.1) is 12.2 Å². The molecule has 1 heterocycles. The predicted molar refractivity (Wildman–Crippen MR) is 73.7 cm³/mol. The fraction of sp³-hybridized carbons (Fsp3) is 0.267. The molecule has 0 radical (unpaired) electrons. The van der Waals surface area contributed by atoms with E-state index in [4.69, 9.17) is 0 Å². The third kappa shape index (κ3) is 3.37. The first-order chi connectivity index (χ1) is 9.20. The van der Waals surface area contributed by atoms with E-state index in [-0.39, 0.29) is 11.9 Å². The smallest absolute Gasteiger partial charge is 0.271 e. The van der Waals surface area contributed by atoms with Crippen molar-refractivity contribution in [3.8, 4) is 0 Å². The zero-order valence-electron chi connectivity index (χ0n) is 11.1. The molecule has 19 heavy (non-hydrogen) atoms. The number of nitrogens with one attached hydrogen (secondary N) is 1. The van der Waals surface area contributed by atoms with Gasteiger partial charge in [-0.15, -0.1) is 0 Å². The van der Waals surface area contributed by atoms with Gasteiger partial charge in [-0.1, -0.05) is 31.2 Å². The number of carbonyl (C=O) groups is 1. The van der Waals surface area contributed by atoms with E-state index in [0.717, 1.165) is 12.0 Å². The Kier molecular flexibility index (Phi) is 4.23. The summed E-state index contributed by atoms with van der Waals surface area (Å²) in [6, 6.07) is 8.20. The number of nitrogens with zero attached hydrogens (tertiary/aromatic N) is 2. The van der Waals surface area contributed by atoms with Crippen molar-refractivity contribution in [2.45, 2.75) is 26.3 Å². The molecule has 1 aromatic heterocycles. The average Bonchev–Trinajstić information content (AvgIpc) is 2.48. The molecular weight excluding hydrogens is 238 g/mol. The number of hydrogen-bond donors (Lipinski definition) is 1. The molecule has 1 N–H and O–H groups in total. The summed E-state index contributed by atoms with van der Waals surface area (Å²) in [5, 5.41) is 2.91. The highest BCUT2D eigenvalue weighted by Crippen LogP contribution is 2.14. The van der Waals surface area contributed by atoms with Crippen molar-refractivity contribution in [3.05, 3.63) is 59.7 Å². The maximum atomic E-state index is 11.9. The van der Waals surface area contributed by atoms with Crippen molar-refractivity contribution in [3.63, 3.8) is 0 Å². The van der Waals surface area contributed by atoms with Crippen molar-refractivity contribution in [2.24, 2.45) is 0 Å². The van der Waals surface area contributed by atoms with Gasteiger partial charge in [-0.25, -0.2) is 4.98 Å². The summed E-state index contributed by atoms with van der Waals surface area (Å²) < 4.78 is 0. The summed E-state index contributed by atoms with van der Waals surface area (Å²) >= 11 is 0. The lowest BCUT2D eigenvalue weighted by Crippen LogP contribution is -2.27. The fourth-order valence-corrected chi connectivity index (χ4v) is 1.81. The van der Waals surface area contributed by atoms with E-state index in [1.165, 1.54) is 18.0 Å². The second-order valence-electron chi connectivity index (χ2n) is 4.38. The van der Waals surface area contributed by atoms with Crippen LogP contribution in [0.3, 0.4) is 0 Å². The maximum absolute atomic E-state index is 11.9. The van der Waals surface area contributed by atoms with E-state index in [1.807, 2.05) is 19.1 Å². The number of amides is 1. The monoisotopic (exact) mass is 255 g/mol. The van der Waals surface area contributed by atoms with Crippen molar-refractivity contribution >= 4 is 5.91 Å². The molecule has 0 bridgehead atoms. The molecule has 1 unspecified atom stereocenters. The van der Waals surface area contributed by atoms with Gasteiger partial charge in [-0.05, 0) is 24.5 Å². The molecule has 2 rings (SSSR count). The van der Waals surface area contributed by atoms with Gasteiger partial charge < -0.3 is 5.32 Å². The lowest BCUT2D eigenvalue weighted by molar-refractivity contribution is 0.0934. The molecule has 0 aliphatic rings. The molecule has 98 valence electrons. The molecule has 4 heteroatoms. The van der Waals surface area contributed by atoms with Crippen LogP contribution in [0.25, 0.3) is 0 Å². The quantitative estimate of drug-likeness (QED) is 0.913. The zero-order chi connectivity index (χ0) is 13.7. The van der Waals surface area contributed by atoms with Gasteiger partial charge >= 0.3 is 0 Å². The first-order valence-corrected chi connectivity index (χ1v) is 6.36. The molecule has 0 spiro atoms. The van der Waals surface area contributed by atoms with Gasteiger partial charge in [0, 0.05) is 12.4 Å². The Balaban J connectivity index is 2.04. The third-order valence-corrected chi connectivity index (χ3v) is 3.03.